The molecule has 1 aromatic rings. The van der Waals surface area contributed by atoms with Crippen molar-refractivity contribution in [3.63, 3.8) is 0 Å². The van der Waals surface area contributed by atoms with E-state index in [0.29, 0.717) is 25.8 Å². The molecule has 154 valence electrons. The highest BCUT2D eigenvalue weighted by Gasteiger charge is 2.33. The molecule has 0 aliphatic carbocycles. The van der Waals surface area contributed by atoms with Crippen LogP contribution in [-0.2, 0) is 19.6 Å². The minimum atomic E-state index is -3.63. The lowest BCUT2D eigenvalue weighted by Crippen LogP contribution is -2.48. The predicted molar refractivity (Wildman–Crippen MR) is 98.2 cm³/mol. The van der Waals surface area contributed by atoms with Crippen molar-refractivity contribution < 1.29 is 27.5 Å². The molecule has 0 N–H and O–H groups in total. The van der Waals surface area contributed by atoms with Crippen molar-refractivity contribution in [3.05, 3.63) is 12.4 Å². The van der Waals surface area contributed by atoms with E-state index in [1.807, 2.05) is 0 Å². The third-order valence-electron chi connectivity index (χ3n) is 4.80. The van der Waals surface area contributed by atoms with Gasteiger partial charge in [-0.25, -0.2) is 18.4 Å². The van der Waals surface area contributed by atoms with E-state index in [-0.39, 0.29) is 61.4 Å². The Morgan fingerprint density at radius 1 is 1.11 bits per heavy atom. The van der Waals surface area contributed by atoms with Crippen LogP contribution in [0.1, 0.15) is 32.1 Å². The van der Waals surface area contributed by atoms with Crippen LogP contribution in [0, 0.1) is 0 Å². The molecular formula is C17H24N4O6S. The van der Waals surface area contributed by atoms with Crippen LogP contribution < -0.4 is 9.47 Å². The third-order valence-corrected chi connectivity index (χ3v) is 6.61. The zero-order valence-electron chi connectivity index (χ0n) is 15.7. The number of aromatic nitrogens is 2. The summed E-state index contributed by atoms with van der Waals surface area (Å²) in [5.74, 6) is -0.434. The van der Waals surface area contributed by atoms with Gasteiger partial charge < -0.3 is 9.47 Å². The van der Waals surface area contributed by atoms with Gasteiger partial charge in [-0.05, 0) is 19.3 Å². The highest BCUT2D eigenvalue weighted by molar-refractivity contribution is 7.89. The number of sulfonamides is 1. The number of hydrogen-bond donors (Lipinski definition) is 0. The molecule has 0 radical (unpaired) electrons. The number of carbonyl (C=O) groups is 2. The van der Waals surface area contributed by atoms with E-state index in [4.69, 9.17) is 9.47 Å². The number of amides is 2. The molecule has 3 rings (SSSR count). The molecule has 0 aromatic carbocycles. The van der Waals surface area contributed by atoms with Gasteiger partial charge in [0.05, 0.1) is 19.4 Å². The van der Waals surface area contributed by atoms with Gasteiger partial charge in [0.15, 0.2) is 0 Å². The zero-order valence-corrected chi connectivity index (χ0v) is 16.6. The number of nitrogens with zero attached hydrogens (tertiary/aromatic N) is 4. The molecule has 2 aliphatic heterocycles. The fourth-order valence-corrected chi connectivity index (χ4v) is 4.80. The van der Waals surface area contributed by atoms with Crippen LogP contribution in [0.3, 0.4) is 0 Å². The monoisotopic (exact) mass is 412 g/mol. The summed E-state index contributed by atoms with van der Waals surface area (Å²) in [6, 6.07) is 0. The first-order valence-corrected chi connectivity index (χ1v) is 10.8. The smallest absolute Gasteiger partial charge is 0.278 e. The van der Waals surface area contributed by atoms with Crippen molar-refractivity contribution in [2.24, 2.45) is 0 Å². The number of piperidine rings is 2. The average molecular weight is 412 g/mol. The van der Waals surface area contributed by atoms with E-state index >= 15 is 0 Å². The van der Waals surface area contributed by atoms with E-state index in [9.17, 15) is 18.0 Å². The van der Waals surface area contributed by atoms with Crippen LogP contribution in [0.2, 0.25) is 0 Å². The Labute approximate surface area is 163 Å². The maximum Gasteiger partial charge on any atom is 0.278 e. The molecule has 0 bridgehead atoms. The Morgan fingerprint density at radius 3 is 2.46 bits per heavy atom. The van der Waals surface area contributed by atoms with Gasteiger partial charge >= 0.3 is 0 Å². The van der Waals surface area contributed by atoms with Crippen molar-refractivity contribution in [2.75, 3.05) is 32.5 Å². The molecule has 11 heteroatoms. The molecular weight excluding hydrogens is 388 g/mol. The lowest BCUT2D eigenvalue weighted by Gasteiger charge is -2.32. The first-order valence-electron chi connectivity index (χ1n) is 9.23. The number of ether oxygens (including phenoxy) is 2. The van der Waals surface area contributed by atoms with Crippen LogP contribution in [0.5, 0.6) is 11.8 Å². The van der Waals surface area contributed by atoms with Crippen molar-refractivity contribution in [3.8, 4) is 11.8 Å². The number of hydrogen-bond acceptors (Lipinski definition) is 8. The molecule has 2 amide bonds. The summed E-state index contributed by atoms with van der Waals surface area (Å²) < 4.78 is 37.7. The molecule has 1 aromatic heterocycles. The molecule has 28 heavy (non-hydrogen) atoms. The molecule has 1 unspecified atom stereocenters. The highest BCUT2D eigenvalue weighted by Crippen LogP contribution is 2.25. The van der Waals surface area contributed by atoms with Gasteiger partial charge in [0.25, 0.3) is 11.8 Å². The van der Waals surface area contributed by atoms with Crippen LogP contribution in [0.4, 0.5) is 0 Å². The fourth-order valence-electron chi connectivity index (χ4n) is 3.33. The van der Waals surface area contributed by atoms with Crippen molar-refractivity contribution >= 4 is 21.8 Å². The summed E-state index contributed by atoms with van der Waals surface area (Å²) in [4.78, 5) is 32.9. The molecule has 10 nitrogen and oxygen atoms in total. The number of likely N-dealkylation sites (tertiary alicyclic amines) is 1. The number of methoxy groups -OCH3 is 1. The van der Waals surface area contributed by atoms with Gasteiger partial charge in [0.1, 0.15) is 6.10 Å². The Hall–Kier alpha value is -2.27. The minimum Gasteiger partial charge on any atom is -0.477 e. The lowest BCUT2D eigenvalue weighted by molar-refractivity contribution is -0.147. The van der Waals surface area contributed by atoms with Gasteiger partial charge in [-0.3, -0.25) is 14.5 Å². The number of imide groups is 1. The summed E-state index contributed by atoms with van der Waals surface area (Å²) in [7, 11) is -2.17. The van der Waals surface area contributed by atoms with Gasteiger partial charge in [0.2, 0.25) is 21.8 Å². The van der Waals surface area contributed by atoms with E-state index in [0.717, 1.165) is 4.90 Å². The van der Waals surface area contributed by atoms with Gasteiger partial charge in [-0.2, -0.15) is 4.31 Å². The predicted octanol–water partition coefficient (Wildman–Crippen LogP) is 0.197. The Morgan fingerprint density at radius 2 is 1.79 bits per heavy atom. The maximum atomic E-state index is 12.7. The summed E-state index contributed by atoms with van der Waals surface area (Å²) in [5, 5.41) is 0. The maximum absolute atomic E-state index is 12.7. The van der Waals surface area contributed by atoms with Crippen molar-refractivity contribution in [1.82, 2.24) is 19.2 Å². The second kappa shape index (κ2) is 8.82. The molecule has 2 saturated heterocycles. The topological polar surface area (TPSA) is 119 Å². The van der Waals surface area contributed by atoms with E-state index < -0.39 is 10.0 Å². The van der Waals surface area contributed by atoms with Crippen molar-refractivity contribution in [2.45, 2.75) is 38.2 Å². The zero-order chi connectivity index (χ0) is 20.1. The normalized spacial score (nSPS) is 21.6. The first-order chi connectivity index (χ1) is 13.4. The van der Waals surface area contributed by atoms with Crippen LogP contribution in [0.25, 0.3) is 0 Å². The minimum absolute atomic E-state index is 0.111. The summed E-state index contributed by atoms with van der Waals surface area (Å²) in [6.07, 6.45) is 4.97. The number of carbonyl (C=O) groups excluding carboxylic acids is 2. The first kappa shape index (κ1) is 20.5. The van der Waals surface area contributed by atoms with E-state index in [1.165, 1.54) is 23.8 Å². The Kier molecular flexibility index (Phi) is 6.45. The fraction of sp³-hybridized carbons (Fsp3) is 0.647. The second-order valence-corrected chi connectivity index (χ2v) is 8.81. The van der Waals surface area contributed by atoms with Gasteiger partial charge in [-0.15, -0.1) is 0 Å². The summed E-state index contributed by atoms with van der Waals surface area (Å²) in [5.41, 5.74) is 0. The summed E-state index contributed by atoms with van der Waals surface area (Å²) >= 11 is 0. The molecule has 0 saturated carbocycles. The molecule has 0 spiro atoms. The SMILES string of the molecule is COc1nccnc1OC1CCCN(S(=O)(=O)CCN2C(=O)CCCC2=O)C1. The van der Waals surface area contributed by atoms with Crippen LogP contribution in [-0.4, -0.2) is 78.0 Å². The largest absolute Gasteiger partial charge is 0.477 e. The Balaban J connectivity index is 1.60. The molecule has 1 atom stereocenters. The van der Waals surface area contributed by atoms with Gasteiger partial charge in [-0.1, -0.05) is 0 Å². The quantitative estimate of drug-likeness (QED) is 0.583. The van der Waals surface area contributed by atoms with Crippen LogP contribution >= 0.6 is 0 Å². The second-order valence-electron chi connectivity index (χ2n) is 6.72. The number of rotatable bonds is 7. The van der Waals surface area contributed by atoms with E-state index in [2.05, 4.69) is 9.97 Å². The standard InChI is InChI=1S/C17H24N4O6S/c1-26-16-17(19-8-7-18-16)27-13-4-3-9-20(12-13)28(24,25)11-10-21-14(22)5-2-6-15(21)23/h7-8,13H,2-6,9-12H2,1H3. The highest BCUT2D eigenvalue weighted by atomic mass is 32.2. The third kappa shape index (κ3) is 4.76. The Bertz CT molecular complexity index is 815. The van der Waals surface area contributed by atoms with Gasteiger partial charge in [0, 0.05) is 38.3 Å². The van der Waals surface area contributed by atoms with Crippen molar-refractivity contribution in [1.29, 1.82) is 0 Å². The molecule has 2 fully saturated rings. The molecule has 2 aliphatic rings. The average Bonchev–Trinajstić information content (AvgIpc) is 2.68. The van der Waals surface area contributed by atoms with Crippen LogP contribution in [0.15, 0.2) is 12.4 Å². The van der Waals surface area contributed by atoms with E-state index in [1.54, 1.807) is 0 Å². The summed E-state index contributed by atoms with van der Waals surface area (Å²) in [6.45, 7) is 0.436. The molecule has 3 heterocycles. The lowest BCUT2D eigenvalue weighted by atomic mass is 10.1.